The Labute approximate surface area is 173 Å². The summed E-state index contributed by atoms with van der Waals surface area (Å²) in [5.41, 5.74) is 3.16. The van der Waals surface area contributed by atoms with Crippen molar-refractivity contribution in [3.63, 3.8) is 0 Å². The van der Waals surface area contributed by atoms with Gasteiger partial charge >= 0.3 is 0 Å². The Morgan fingerprint density at radius 1 is 1.31 bits per heavy atom. The van der Waals surface area contributed by atoms with Gasteiger partial charge in [-0.15, -0.1) is 17.9 Å². The van der Waals surface area contributed by atoms with Crippen molar-refractivity contribution in [2.24, 2.45) is 0 Å². The fourth-order valence-electron chi connectivity index (χ4n) is 3.24. The highest BCUT2D eigenvalue weighted by atomic mass is 32.1. The molecular formula is C22H22N2O4S. The number of hydrogen-bond acceptors (Lipinski definition) is 5. The van der Waals surface area contributed by atoms with Crippen LogP contribution in [0.1, 0.15) is 32.2 Å². The van der Waals surface area contributed by atoms with Crippen LogP contribution in [0.5, 0.6) is 5.75 Å². The lowest BCUT2D eigenvalue weighted by molar-refractivity contribution is -0.384. The summed E-state index contributed by atoms with van der Waals surface area (Å²) >= 11 is 1.68. The average molecular weight is 410 g/mol. The molecule has 0 unspecified atom stereocenters. The summed E-state index contributed by atoms with van der Waals surface area (Å²) < 4.78 is 7.84. The van der Waals surface area contributed by atoms with Gasteiger partial charge in [-0.1, -0.05) is 12.1 Å². The molecule has 0 spiro atoms. The molecule has 29 heavy (non-hydrogen) atoms. The number of aromatic nitrogens is 1. The van der Waals surface area contributed by atoms with Crippen molar-refractivity contribution in [1.82, 2.24) is 4.57 Å². The summed E-state index contributed by atoms with van der Waals surface area (Å²) in [4.78, 5) is 24.5. The molecule has 7 heteroatoms. The summed E-state index contributed by atoms with van der Waals surface area (Å²) in [6.07, 6.45) is 2.06. The first kappa shape index (κ1) is 20.5. The van der Waals surface area contributed by atoms with E-state index in [0.717, 1.165) is 17.9 Å². The molecule has 0 saturated carbocycles. The van der Waals surface area contributed by atoms with Crippen molar-refractivity contribution >= 4 is 22.8 Å². The number of nitro groups is 1. The minimum atomic E-state index is -0.454. The molecule has 6 nitrogen and oxygen atoms in total. The monoisotopic (exact) mass is 410 g/mol. The molecular weight excluding hydrogens is 388 g/mol. The zero-order chi connectivity index (χ0) is 21.0. The molecule has 0 saturated heterocycles. The molecule has 0 aliphatic rings. The van der Waals surface area contributed by atoms with Crippen LogP contribution in [0.25, 0.3) is 0 Å². The highest BCUT2D eigenvalue weighted by Crippen LogP contribution is 2.26. The maximum Gasteiger partial charge on any atom is 0.269 e. The van der Waals surface area contributed by atoms with Gasteiger partial charge in [0.25, 0.3) is 5.69 Å². The van der Waals surface area contributed by atoms with Crippen LogP contribution in [0.4, 0.5) is 5.69 Å². The third-order valence-corrected chi connectivity index (χ3v) is 5.61. The molecule has 0 radical (unpaired) electrons. The quantitative estimate of drug-likeness (QED) is 0.213. The number of benzene rings is 1. The van der Waals surface area contributed by atoms with E-state index in [1.165, 1.54) is 23.1 Å². The van der Waals surface area contributed by atoms with Gasteiger partial charge in [0.2, 0.25) is 5.78 Å². The predicted octanol–water partition coefficient (Wildman–Crippen LogP) is 5.11. The highest BCUT2D eigenvalue weighted by molar-refractivity contribution is 7.09. The molecule has 0 atom stereocenters. The number of allylic oxidation sites excluding steroid dienone is 1. The standard InChI is InChI=1S/C22H22N2O4S/c1-4-6-17-12-18(24(26)27)8-9-22(17)28-14-21(25)20-11-15(2)23(16(20)3)13-19-7-5-10-29-19/h4-5,7-12H,1,6,13-14H2,2-3H3. The molecule has 0 fully saturated rings. The molecule has 0 N–H and O–H groups in total. The number of thiophene rings is 1. The number of carbonyl (C=O) groups excluding carboxylic acids is 1. The van der Waals surface area contributed by atoms with Gasteiger partial charge < -0.3 is 9.30 Å². The first-order valence-corrected chi connectivity index (χ1v) is 10.0. The minimum absolute atomic E-state index is 0.0161. The zero-order valence-electron chi connectivity index (χ0n) is 16.4. The van der Waals surface area contributed by atoms with Gasteiger partial charge in [-0.3, -0.25) is 14.9 Å². The molecule has 3 aromatic rings. The van der Waals surface area contributed by atoms with Crippen LogP contribution in [0, 0.1) is 24.0 Å². The van der Waals surface area contributed by atoms with Crippen molar-refractivity contribution in [3.8, 4) is 5.75 Å². The molecule has 0 bridgehead atoms. The number of carbonyl (C=O) groups is 1. The fraction of sp³-hybridized carbons (Fsp3) is 0.227. The molecule has 0 aliphatic heterocycles. The Bertz CT molecular complexity index is 1050. The van der Waals surface area contributed by atoms with Crippen molar-refractivity contribution in [2.75, 3.05) is 6.61 Å². The molecule has 150 valence electrons. The normalized spacial score (nSPS) is 10.7. The lowest BCUT2D eigenvalue weighted by Crippen LogP contribution is -2.14. The van der Waals surface area contributed by atoms with Crippen LogP contribution >= 0.6 is 11.3 Å². The largest absolute Gasteiger partial charge is 0.485 e. The van der Waals surface area contributed by atoms with E-state index in [2.05, 4.69) is 17.2 Å². The maximum atomic E-state index is 12.8. The molecule has 2 heterocycles. The van der Waals surface area contributed by atoms with E-state index >= 15 is 0 Å². The third-order valence-electron chi connectivity index (χ3n) is 4.75. The zero-order valence-corrected chi connectivity index (χ0v) is 17.2. The van der Waals surface area contributed by atoms with Gasteiger partial charge in [-0.05, 0) is 43.8 Å². The SMILES string of the molecule is C=CCc1cc([N+](=O)[O-])ccc1OCC(=O)c1cc(C)n(Cc2cccs2)c1C. The van der Waals surface area contributed by atoms with Crippen molar-refractivity contribution in [3.05, 3.63) is 91.9 Å². The number of rotatable bonds is 9. The number of Topliss-reactive ketones (excluding diaryl/α,β-unsaturated/α-hetero) is 1. The van der Waals surface area contributed by atoms with Gasteiger partial charge in [-0.2, -0.15) is 0 Å². The maximum absolute atomic E-state index is 12.8. The summed E-state index contributed by atoms with van der Waals surface area (Å²) in [5, 5.41) is 13.0. The van der Waals surface area contributed by atoms with Crippen molar-refractivity contribution < 1.29 is 14.5 Å². The van der Waals surface area contributed by atoms with E-state index in [1.54, 1.807) is 17.4 Å². The lowest BCUT2D eigenvalue weighted by atomic mass is 10.1. The van der Waals surface area contributed by atoms with Gasteiger partial charge in [-0.25, -0.2) is 0 Å². The van der Waals surface area contributed by atoms with Gasteiger partial charge in [0.1, 0.15) is 5.75 Å². The molecule has 0 aliphatic carbocycles. The molecule has 2 aromatic heterocycles. The van der Waals surface area contributed by atoms with Crippen molar-refractivity contribution in [2.45, 2.75) is 26.8 Å². The highest BCUT2D eigenvalue weighted by Gasteiger charge is 2.18. The van der Waals surface area contributed by atoms with Gasteiger partial charge in [0.15, 0.2) is 6.61 Å². The summed E-state index contributed by atoms with van der Waals surface area (Å²) in [6.45, 7) is 8.19. The van der Waals surface area contributed by atoms with E-state index in [0.29, 0.717) is 23.3 Å². The van der Waals surface area contributed by atoms with Crippen molar-refractivity contribution in [1.29, 1.82) is 0 Å². The smallest absolute Gasteiger partial charge is 0.269 e. The minimum Gasteiger partial charge on any atom is -0.485 e. The van der Waals surface area contributed by atoms with E-state index < -0.39 is 4.92 Å². The second-order valence-corrected chi connectivity index (χ2v) is 7.74. The lowest BCUT2D eigenvalue weighted by Gasteiger charge is -2.11. The Morgan fingerprint density at radius 3 is 2.76 bits per heavy atom. The van der Waals surface area contributed by atoms with Crippen LogP contribution in [-0.4, -0.2) is 21.9 Å². The van der Waals surface area contributed by atoms with E-state index in [1.807, 2.05) is 31.4 Å². The number of nitrogens with zero attached hydrogens (tertiary/aromatic N) is 2. The summed E-state index contributed by atoms with van der Waals surface area (Å²) in [5.74, 6) is 0.328. The van der Waals surface area contributed by atoms with E-state index in [4.69, 9.17) is 4.74 Å². The van der Waals surface area contributed by atoms with Crippen LogP contribution in [-0.2, 0) is 13.0 Å². The number of non-ortho nitro benzene ring substituents is 1. The first-order chi connectivity index (χ1) is 13.9. The van der Waals surface area contributed by atoms with Crippen LogP contribution < -0.4 is 4.74 Å². The third kappa shape index (κ3) is 4.63. The second-order valence-electron chi connectivity index (χ2n) is 6.70. The summed E-state index contributed by atoms with van der Waals surface area (Å²) in [6, 6.07) is 10.3. The number of hydrogen-bond donors (Lipinski definition) is 0. The van der Waals surface area contributed by atoms with Crippen LogP contribution in [0.2, 0.25) is 0 Å². The topological polar surface area (TPSA) is 74.4 Å². The molecule has 3 rings (SSSR count). The second kappa shape index (κ2) is 8.87. The predicted molar refractivity (Wildman–Crippen MR) is 114 cm³/mol. The Balaban J connectivity index is 1.76. The number of ketones is 1. The average Bonchev–Trinajstić information content (AvgIpc) is 3.30. The fourth-order valence-corrected chi connectivity index (χ4v) is 3.93. The van der Waals surface area contributed by atoms with Crippen LogP contribution in [0.15, 0.2) is 54.4 Å². The Kier molecular flexibility index (Phi) is 6.29. The van der Waals surface area contributed by atoms with Gasteiger partial charge in [0, 0.05) is 39.5 Å². The number of aryl methyl sites for hydroxylation is 1. The Morgan fingerprint density at radius 2 is 2.10 bits per heavy atom. The molecule has 0 amide bonds. The van der Waals surface area contributed by atoms with E-state index in [-0.39, 0.29) is 18.1 Å². The number of ether oxygens (including phenoxy) is 1. The summed E-state index contributed by atoms with van der Waals surface area (Å²) in [7, 11) is 0. The first-order valence-electron chi connectivity index (χ1n) is 9.14. The number of nitro benzene ring substituents is 1. The molecule has 1 aromatic carbocycles. The van der Waals surface area contributed by atoms with E-state index in [9.17, 15) is 14.9 Å². The van der Waals surface area contributed by atoms with Crippen LogP contribution in [0.3, 0.4) is 0 Å². The Hall–Kier alpha value is -3.19. The van der Waals surface area contributed by atoms with Gasteiger partial charge in [0.05, 0.1) is 11.5 Å².